The van der Waals surface area contributed by atoms with Crippen molar-refractivity contribution in [3.63, 3.8) is 0 Å². The summed E-state index contributed by atoms with van der Waals surface area (Å²) in [7, 11) is 0. The van der Waals surface area contributed by atoms with Gasteiger partial charge in [0.25, 0.3) is 0 Å². The van der Waals surface area contributed by atoms with Crippen LogP contribution < -0.4 is 10.1 Å². The van der Waals surface area contributed by atoms with E-state index in [0.717, 1.165) is 18.7 Å². The van der Waals surface area contributed by atoms with E-state index in [2.05, 4.69) is 15.3 Å². The molecule has 1 aromatic carbocycles. The summed E-state index contributed by atoms with van der Waals surface area (Å²) >= 11 is 0. The second-order valence-electron chi connectivity index (χ2n) is 5.23. The fourth-order valence-electron chi connectivity index (χ4n) is 2.35. The van der Waals surface area contributed by atoms with Gasteiger partial charge in [-0.25, -0.2) is 14.2 Å². The van der Waals surface area contributed by atoms with Gasteiger partial charge < -0.3 is 15.0 Å². The third kappa shape index (κ3) is 4.15. The lowest BCUT2D eigenvalue weighted by molar-refractivity contribution is 0.217. The van der Waals surface area contributed by atoms with Crippen LogP contribution in [0.3, 0.4) is 0 Å². The van der Waals surface area contributed by atoms with Gasteiger partial charge in [0.1, 0.15) is 11.6 Å². The monoisotopic (exact) mass is 316 g/mol. The van der Waals surface area contributed by atoms with Crippen LogP contribution in [0.2, 0.25) is 0 Å². The van der Waals surface area contributed by atoms with Crippen molar-refractivity contribution in [3.05, 3.63) is 48.2 Å². The number of aryl methyl sites for hydroxylation is 1. The topological polar surface area (TPSA) is 67.4 Å². The number of amides is 2. The number of hydrogen-bond donors (Lipinski definition) is 1. The number of nitrogens with zero attached hydrogens (tertiary/aromatic N) is 3. The average molecular weight is 316 g/mol. The molecule has 3 rings (SSSR count). The molecule has 0 atom stereocenters. The number of hydrogen-bond acceptors (Lipinski definition) is 4. The highest BCUT2D eigenvalue weighted by Crippen LogP contribution is 2.19. The lowest BCUT2D eigenvalue weighted by atomic mass is 10.2. The molecule has 1 N–H and O–H groups in total. The molecular weight excluding hydrogens is 299 g/mol. The van der Waals surface area contributed by atoms with Crippen LogP contribution in [-0.2, 0) is 6.42 Å². The average Bonchev–Trinajstić information content (AvgIpc) is 2.95. The largest absolute Gasteiger partial charge is 0.437 e. The van der Waals surface area contributed by atoms with Crippen LogP contribution in [-0.4, -0.2) is 40.5 Å². The first-order chi connectivity index (χ1) is 11.2. The zero-order valence-corrected chi connectivity index (χ0v) is 12.5. The molecule has 23 heavy (non-hydrogen) atoms. The number of urea groups is 1. The van der Waals surface area contributed by atoms with E-state index in [-0.39, 0.29) is 11.8 Å². The number of halogens is 1. The Kier molecular flexibility index (Phi) is 4.65. The fourth-order valence-corrected chi connectivity index (χ4v) is 2.35. The SMILES string of the molecule is O=C1NCCN1CCCc1cncc(Oc2ccc(F)cc2)n1. The summed E-state index contributed by atoms with van der Waals surface area (Å²) in [6.45, 7) is 2.15. The van der Waals surface area contributed by atoms with Crippen LogP contribution in [0.25, 0.3) is 0 Å². The van der Waals surface area contributed by atoms with Gasteiger partial charge in [-0.1, -0.05) is 0 Å². The molecule has 7 heteroatoms. The van der Waals surface area contributed by atoms with Crippen molar-refractivity contribution in [2.24, 2.45) is 0 Å². The Balaban J connectivity index is 1.54. The van der Waals surface area contributed by atoms with E-state index in [9.17, 15) is 9.18 Å². The van der Waals surface area contributed by atoms with Crippen LogP contribution in [0.5, 0.6) is 11.6 Å². The van der Waals surface area contributed by atoms with E-state index in [1.54, 1.807) is 11.1 Å². The van der Waals surface area contributed by atoms with Crippen LogP contribution >= 0.6 is 0 Å². The molecule has 6 nitrogen and oxygen atoms in total. The Hall–Kier alpha value is -2.70. The van der Waals surface area contributed by atoms with Crippen molar-refractivity contribution >= 4 is 6.03 Å². The first-order valence-electron chi connectivity index (χ1n) is 7.48. The molecule has 2 amide bonds. The van der Waals surface area contributed by atoms with E-state index in [1.807, 2.05) is 0 Å². The molecule has 120 valence electrons. The summed E-state index contributed by atoms with van der Waals surface area (Å²) in [5, 5.41) is 2.77. The van der Waals surface area contributed by atoms with E-state index in [4.69, 9.17) is 4.74 Å². The minimum Gasteiger partial charge on any atom is -0.437 e. The van der Waals surface area contributed by atoms with Crippen molar-refractivity contribution in [3.8, 4) is 11.6 Å². The molecule has 1 aliphatic rings. The van der Waals surface area contributed by atoms with E-state index in [0.29, 0.717) is 31.1 Å². The second kappa shape index (κ2) is 7.04. The predicted molar refractivity (Wildman–Crippen MR) is 81.8 cm³/mol. The maximum atomic E-state index is 12.9. The van der Waals surface area contributed by atoms with Crippen molar-refractivity contribution in [1.29, 1.82) is 0 Å². The highest BCUT2D eigenvalue weighted by atomic mass is 19.1. The molecule has 0 spiro atoms. The van der Waals surface area contributed by atoms with Crippen molar-refractivity contribution in [1.82, 2.24) is 20.2 Å². The minimum atomic E-state index is -0.317. The molecule has 2 heterocycles. The fraction of sp³-hybridized carbons (Fsp3) is 0.312. The Bertz CT molecular complexity index is 678. The van der Waals surface area contributed by atoms with Gasteiger partial charge in [0.2, 0.25) is 5.88 Å². The quantitative estimate of drug-likeness (QED) is 0.888. The second-order valence-corrected chi connectivity index (χ2v) is 5.23. The number of benzene rings is 1. The Morgan fingerprint density at radius 2 is 2.09 bits per heavy atom. The molecule has 1 saturated heterocycles. The van der Waals surface area contributed by atoms with Crippen LogP contribution in [0.4, 0.5) is 9.18 Å². The van der Waals surface area contributed by atoms with E-state index in [1.165, 1.54) is 30.5 Å². The number of carbonyl (C=O) groups is 1. The summed E-state index contributed by atoms with van der Waals surface area (Å²) in [6.07, 6.45) is 4.71. The number of nitrogens with one attached hydrogen (secondary N) is 1. The smallest absolute Gasteiger partial charge is 0.317 e. The van der Waals surface area contributed by atoms with Gasteiger partial charge in [0.15, 0.2) is 0 Å². The van der Waals surface area contributed by atoms with Crippen LogP contribution in [0, 0.1) is 5.82 Å². The summed E-state index contributed by atoms with van der Waals surface area (Å²) < 4.78 is 18.4. The van der Waals surface area contributed by atoms with E-state index < -0.39 is 0 Å². The van der Waals surface area contributed by atoms with Crippen LogP contribution in [0.1, 0.15) is 12.1 Å². The number of carbonyl (C=O) groups excluding carboxylic acids is 1. The summed E-state index contributed by atoms with van der Waals surface area (Å²) in [5.74, 6) is 0.558. The zero-order chi connectivity index (χ0) is 16.1. The number of aromatic nitrogens is 2. The summed E-state index contributed by atoms with van der Waals surface area (Å²) in [4.78, 5) is 21.7. The molecule has 0 saturated carbocycles. The molecule has 2 aromatic rings. The third-order valence-electron chi connectivity index (χ3n) is 3.50. The Morgan fingerprint density at radius 3 is 2.83 bits per heavy atom. The maximum Gasteiger partial charge on any atom is 0.317 e. The minimum absolute atomic E-state index is 0.00974. The van der Waals surface area contributed by atoms with Gasteiger partial charge in [-0.15, -0.1) is 0 Å². The third-order valence-corrected chi connectivity index (χ3v) is 3.50. The predicted octanol–water partition coefficient (Wildman–Crippen LogP) is 2.37. The van der Waals surface area contributed by atoms with Gasteiger partial charge in [0, 0.05) is 25.8 Å². The Labute approximate surface area is 133 Å². The highest BCUT2D eigenvalue weighted by Gasteiger charge is 2.18. The number of ether oxygens (including phenoxy) is 1. The Morgan fingerprint density at radius 1 is 1.26 bits per heavy atom. The highest BCUT2D eigenvalue weighted by molar-refractivity contribution is 5.76. The molecule has 1 aliphatic heterocycles. The van der Waals surface area contributed by atoms with Crippen molar-refractivity contribution in [2.75, 3.05) is 19.6 Å². The standard InChI is InChI=1S/C16H17FN4O2/c17-12-3-5-14(6-4-12)23-15-11-18-10-13(20-15)2-1-8-21-9-7-19-16(21)22/h3-6,10-11H,1-2,7-9H2,(H,19,22). The maximum absolute atomic E-state index is 12.9. The summed E-state index contributed by atoms with van der Waals surface area (Å²) in [6, 6.07) is 5.72. The molecule has 1 fully saturated rings. The van der Waals surface area contributed by atoms with Crippen molar-refractivity contribution < 1.29 is 13.9 Å². The van der Waals surface area contributed by atoms with Crippen LogP contribution in [0.15, 0.2) is 36.7 Å². The first kappa shape index (κ1) is 15.2. The molecule has 0 radical (unpaired) electrons. The lowest BCUT2D eigenvalue weighted by Crippen LogP contribution is -2.29. The molecule has 0 aliphatic carbocycles. The van der Waals surface area contributed by atoms with Gasteiger partial charge in [-0.2, -0.15) is 0 Å². The zero-order valence-electron chi connectivity index (χ0n) is 12.5. The molecule has 0 unspecified atom stereocenters. The first-order valence-corrected chi connectivity index (χ1v) is 7.48. The summed E-state index contributed by atoms with van der Waals surface area (Å²) in [5.41, 5.74) is 0.796. The molecular formula is C16H17FN4O2. The molecule has 1 aromatic heterocycles. The van der Waals surface area contributed by atoms with E-state index >= 15 is 0 Å². The van der Waals surface area contributed by atoms with Gasteiger partial charge in [-0.05, 0) is 37.1 Å². The number of rotatable bonds is 6. The van der Waals surface area contributed by atoms with Crippen molar-refractivity contribution in [2.45, 2.75) is 12.8 Å². The van der Waals surface area contributed by atoms with Gasteiger partial charge >= 0.3 is 6.03 Å². The normalized spacial score (nSPS) is 14.0. The van der Waals surface area contributed by atoms with Gasteiger partial charge in [-0.3, -0.25) is 4.98 Å². The van der Waals surface area contributed by atoms with Gasteiger partial charge in [0.05, 0.1) is 11.9 Å². The lowest BCUT2D eigenvalue weighted by Gasteiger charge is -2.13. The molecule has 0 bridgehead atoms.